The van der Waals surface area contributed by atoms with Crippen LogP contribution < -0.4 is 5.73 Å². The molecule has 0 spiro atoms. The van der Waals surface area contributed by atoms with Gasteiger partial charge in [-0.3, -0.25) is 4.79 Å². The first kappa shape index (κ1) is 14.8. The summed E-state index contributed by atoms with van der Waals surface area (Å²) < 4.78 is 10.1. The molecule has 0 aliphatic heterocycles. The van der Waals surface area contributed by atoms with E-state index in [0.29, 0.717) is 43.0 Å². The number of fused-ring (bicyclic) bond motifs is 1. The van der Waals surface area contributed by atoms with Crippen LogP contribution in [0.2, 0.25) is 0 Å². The van der Waals surface area contributed by atoms with E-state index in [-0.39, 0.29) is 17.9 Å². The number of carbonyl (C=O) groups is 2. The van der Waals surface area contributed by atoms with E-state index in [2.05, 4.69) is 0 Å². The van der Waals surface area contributed by atoms with Crippen LogP contribution >= 0.6 is 11.3 Å². The SMILES string of the molecule is CCOC(=O)c1c(N)sc2c1CCC(C(=O)OCC)C2. The fourth-order valence-corrected chi connectivity index (χ4v) is 3.68. The first-order valence-corrected chi connectivity index (χ1v) is 7.63. The lowest BCUT2D eigenvalue weighted by Gasteiger charge is -2.20. The van der Waals surface area contributed by atoms with Gasteiger partial charge < -0.3 is 15.2 Å². The Morgan fingerprint density at radius 3 is 2.65 bits per heavy atom. The van der Waals surface area contributed by atoms with E-state index in [9.17, 15) is 9.59 Å². The van der Waals surface area contributed by atoms with E-state index < -0.39 is 0 Å². The van der Waals surface area contributed by atoms with Crippen LogP contribution in [0.4, 0.5) is 5.00 Å². The van der Waals surface area contributed by atoms with Gasteiger partial charge in [0.25, 0.3) is 0 Å². The maximum Gasteiger partial charge on any atom is 0.341 e. The number of thiophene rings is 1. The number of esters is 2. The molecule has 2 rings (SSSR count). The zero-order valence-corrected chi connectivity index (χ0v) is 12.5. The van der Waals surface area contributed by atoms with Gasteiger partial charge in [0.05, 0.1) is 24.7 Å². The van der Waals surface area contributed by atoms with E-state index in [1.165, 1.54) is 11.3 Å². The number of nitrogen functional groups attached to an aromatic ring is 1. The predicted octanol–water partition coefficient (Wildman–Crippen LogP) is 2.17. The Bertz CT molecular complexity index is 523. The van der Waals surface area contributed by atoms with Crippen LogP contribution in [0.3, 0.4) is 0 Å². The Balaban J connectivity index is 2.21. The smallest absolute Gasteiger partial charge is 0.341 e. The maximum absolute atomic E-state index is 11.9. The molecule has 1 aliphatic rings. The normalized spacial score (nSPS) is 17.4. The van der Waals surface area contributed by atoms with Crippen molar-refractivity contribution in [2.24, 2.45) is 5.92 Å². The van der Waals surface area contributed by atoms with Gasteiger partial charge in [-0.15, -0.1) is 11.3 Å². The van der Waals surface area contributed by atoms with E-state index in [0.717, 1.165) is 10.4 Å². The van der Waals surface area contributed by atoms with Gasteiger partial charge >= 0.3 is 11.9 Å². The van der Waals surface area contributed by atoms with Gasteiger partial charge in [-0.25, -0.2) is 4.79 Å². The molecule has 0 saturated heterocycles. The molecule has 1 aromatic rings. The van der Waals surface area contributed by atoms with E-state index in [4.69, 9.17) is 15.2 Å². The van der Waals surface area contributed by atoms with Gasteiger partial charge in [-0.1, -0.05) is 0 Å². The molecular weight excluding hydrogens is 278 g/mol. The predicted molar refractivity (Wildman–Crippen MR) is 76.8 cm³/mol. The molecule has 2 N–H and O–H groups in total. The Kier molecular flexibility index (Phi) is 4.65. The average Bonchev–Trinajstić information content (AvgIpc) is 2.74. The highest BCUT2D eigenvalue weighted by Crippen LogP contribution is 2.38. The molecule has 1 atom stereocenters. The number of anilines is 1. The highest BCUT2D eigenvalue weighted by molar-refractivity contribution is 7.16. The van der Waals surface area contributed by atoms with E-state index in [1.807, 2.05) is 0 Å². The lowest BCUT2D eigenvalue weighted by molar-refractivity contribution is -0.148. The average molecular weight is 297 g/mol. The number of nitrogens with two attached hydrogens (primary N) is 1. The third-order valence-electron chi connectivity index (χ3n) is 3.39. The zero-order valence-electron chi connectivity index (χ0n) is 11.7. The molecule has 1 aromatic heterocycles. The van der Waals surface area contributed by atoms with Gasteiger partial charge in [0.2, 0.25) is 0 Å². The summed E-state index contributed by atoms with van der Waals surface area (Å²) in [5.74, 6) is -0.657. The summed E-state index contributed by atoms with van der Waals surface area (Å²) in [5, 5.41) is 0.484. The van der Waals surface area contributed by atoms with Crippen molar-refractivity contribution in [2.45, 2.75) is 33.1 Å². The maximum atomic E-state index is 11.9. The number of ether oxygens (including phenoxy) is 2. The van der Waals surface area contributed by atoms with Crippen LogP contribution in [-0.2, 0) is 27.1 Å². The summed E-state index contributed by atoms with van der Waals surface area (Å²) >= 11 is 1.38. The highest BCUT2D eigenvalue weighted by atomic mass is 32.1. The Labute approximate surface area is 122 Å². The van der Waals surface area contributed by atoms with Crippen LogP contribution in [0.1, 0.15) is 41.1 Å². The molecule has 0 aromatic carbocycles. The van der Waals surface area contributed by atoms with Gasteiger partial charge in [0.1, 0.15) is 5.00 Å². The van der Waals surface area contributed by atoms with Crippen molar-refractivity contribution in [3.63, 3.8) is 0 Å². The van der Waals surface area contributed by atoms with Gasteiger partial charge in [-0.05, 0) is 38.7 Å². The van der Waals surface area contributed by atoms with E-state index >= 15 is 0 Å². The third-order valence-corrected chi connectivity index (χ3v) is 4.48. The fraction of sp³-hybridized carbons (Fsp3) is 0.571. The van der Waals surface area contributed by atoms with Crippen molar-refractivity contribution in [2.75, 3.05) is 18.9 Å². The lowest BCUT2D eigenvalue weighted by Crippen LogP contribution is -2.24. The van der Waals surface area contributed by atoms with Crippen molar-refractivity contribution in [1.82, 2.24) is 0 Å². The minimum atomic E-state index is -0.364. The summed E-state index contributed by atoms with van der Waals surface area (Å²) in [6, 6.07) is 0. The second-order valence-electron chi connectivity index (χ2n) is 4.66. The number of hydrogen-bond donors (Lipinski definition) is 1. The molecule has 0 amide bonds. The van der Waals surface area contributed by atoms with Crippen molar-refractivity contribution >= 4 is 28.3 Å². The number of rotatable bonds is 4. The number of carbonyl (C=O) groups excluding carboxylic acids is 2. The van der Waals surface area contributed by atoms with Crippen LogP contribution in [-0.4, -0.2) is 25.2 Å². The van der Waals surface area contributed by atoms with Crippen molar-refractivity contribution < 1.29 is 19.1 Å². The Hall–Kier alpha value is -1.56. The molecule has 20 heavy (non-hydrogen) atoms. The summed E-state index contributed by atoms with van der Waals surface area (Å²) in [7, 11) is 0. The van der Waals surface area contributed by atoms with Gasteiger partial charge in [-0.2, -0.15) is 0 Å². The van der Waals surface area contributed by atoms with Crippen LogP contribution in [0, 0.1) is 5.92 Å². The molecule has 1 aliphatic carbocycles. The van der Waals surface area contributed by atoms with Crippen LogP contribution in [0.25, 0.3) is 0 Å². The quantitative estimate of drug-likeness (QED) is 0.862. The zero-order chi connectivity index (χ0) is 14.7. The highest BCUT2D eigenvalue weighted by Gasteiger charge is 2.32. The van der Waals surface area contributed by atoms with Crippen LogP contribution in [0.5, 0.6) is 0 Å². The summed E-state index contributed by atoms with van der Waals surface area (Å²) in [6.07, 6.45) is 1.96. The largest absolute Gasteiger partial charge is 0.466 e. The summed E-state index contributed by atoms with van der Waals surface area (Å²) in [4.78, 5) is 24.7. The minimum absolute atomic E-state index is 0.129. The Morgan fingerprint density at radius 1 is 1.30 bits per heavy atom. The van der Waals surface area contributed by atoms with E-state index in [1.54, 1.807) is 13.8 Å². The second-order valence-corrected chi connectivity index (χ2v) is 5.79. The first-order chi connectivity index (χ1) is 9.58. The Morgan fingerprint density at radius 2 is 2.00 bits per heavy atom. The van der Waals surface area contributed by atoms with Gasteiger partial charge in [0, 0.05) is 4.88 Å². The molecule has 0 radical (unpaired) electrons. The molecule has 6 heteroatoms. The number of hydrogen-bond acceptors (Lipinski definition) is 6. The lowest BCUT2D eigenvalue weighted by atomic mass is 9.87. The molecule has 1 heterocycles. The van der Waals surface area contributed by atoms with Crippen LogP contribution in [0.15, 0.2) is 0 Å². The molecule has 110 valence electrons. The molecule has 1 unspecified atom stereocenters. The van der Waals surface area contributed by atoms with Gasteiger partial charge in [0.15, 0.2) is 0 Å². The summed E-state index contributed by atoms with van der Waals surface area (Å²) in [6.45, 7) is 4.29. The fourth-order valence-electron chi connectivity index (χ4n) is 2.50. The van der Waals surface area contributed by atoms with Crippen molar-refractivity contribution in [1.29, 1.82) is 0 Å². The summed E-state index contributed by atoms with van der Waals surface area (Å²) in [5.41, 5.74) is 7.38. The van der Waals surface area contributed by atoms with Crippen molar-refractivity contribution in [3.05, 3.63) is 16.0 Å². The monoisotopic (exact) mass is 297 g/mol. The molecule has 0 saturated carbocycles. The minimum Gasteiger partial charge on any atom is -0.466 e. The topological polar surface area (TPSA) is 78.6 Å². The molecule has 5 nitrogen and oxygen atoms in total. The molecule has 0 bridgehead atoms. The second kappa shape index (κ2) is 6.26. The third kappa shape index (κ3) is 2.80. The molecular formula is C14H19NO4S. The van der Waals surface area contributed by atoms with Crippen molar-refractivity contribution in [3.8, 4) is 0 Å². The molecule has 0 fully saturated rings. The first-order valence-electron chi connectivity index (χ1n) is 6.82. The standard InChI is InChI=1S/C14H19NO4S/c1-3-18-13(16)8-5-6-9-10(7-8)20-12(15)11(9)14(17)19-4-2/h8H,3-7,15H2,1-2H3.